The van der Waals surface area contributed by atoms with Gasteiger partial charge in [-0.1, -0.05) is 157 Å². The van der Waals surface area contributed by atoms with Crippen LogP contribution in [0.25, 0.3) is 22.3 Å². The van der Waals surface area contributed by atoms with Gasteiger partial charge in [0.05, 0.1) is 37.9 Å². The molecule has 7 unspecified atom stereocenters. The Hall–Kier alpha value is -11.1. The largest absolute Gasteiger partial charge is 0.294 e. The van der Waals surface area contributed by atoms with Gasteiger partial charge >= 0.3 is 0 Å². The summed E-state index contributed by atoms with van der Waals surface area (Å²) in [5, 5.41) is 19.1. The first kappa shape index (κ1) is 95.0. The first-order valence-corrected chi connectivity index (χ1v) is 43.4. The average molecular weight is 1880 g/mol. The summed E-state index contributed by atoms with van der Waals surface area (Å²) in [6.07, 6.45) is 0.677. The zero-order chi connectivity index (χ0) is 93.4. The molecule has 15 nitrogen and oxygen atoms in total. The highest BCUT2D eigenvalue weighted by atomic mass is 35.5. The molecular weight excluding hydrogens is 1790 g/mol. The summed E-state index contributed by atoms with van der Waals surface area (Å²) in [4.78, 5) is 63.2. The highest BCUT2D eigenvalue weighted by Crippen LogP contribution is 2.63. The molecule has 680 valence electrons. The highest BCUT2D eigenvalue weighted by Gasteiger charge is 2.50. The summed E-state index contributed by atoms with van der Waals surface area (Å²) < 4.78 is 192. The molecule has 6 aliphatic rings. The van der Waals surface area contributed by atoms with Gasteiger partial charge in [0.15, 0.2) is 46.4 Å². The van der Waals surface area contributed by atoms with Crippen LogP contribution >= 0.6 is 46.4 Å². The van der Waals surface area contributed by atoms with Gasteiger partial charge in [-0.3, -0.25) is 47.4 Å². The molecular formula is C97H86Cl4F14N10O5. The number of Topliss-reactive ketones (excluding diaryl/α,β-unsaturated/α-hetero) is 5. The van der Waals surface area contributed by atoms with E-state index in [0.717, 1.165) is 74.9 Å². The lowest BCUT2D eigenvalue weighted by Gasteiger charge is -2.20. The van der Waals surface area contributed by atoms with Crippen LogP contribution in [0.4, 0.5) is 61.5 Å². The number of fused-ring (bicyclic) bond motifs is 10. The predicted molar refractivity (Wildman–Crippen MR) is 464 cm³/mol. The number of allylic oxidation sites excluding steroid dienone is 1. The molecule has 0 radical (unpaired) electrons. The van der Waals surface area contributed by atoms with Crippen molar-refractivity contribution in [2.45, 2.75) is 153 Å². The number of alkyl halides is 10. The molecule has 0 N–H and O–H groups in total. The fourth-order valence-electron chi connectivity index (χ4n) is 19.2. The summed E-state index contributed by atoms with van der Waals surface area (Å²) in [5.41, 5.74) is 9.40. The van der Waals surface area contributed by atoms with Crippen LogP contribution in [0.15, 0.2) is 175 Å². The lowest BCUT2D eigenvalue weighted by atomic mass is 9.84. The standard InChI is InChI=1S/C21H24F2N2O.C19H13Cl2F3N2O.C19H16Cl2F2N2O.C19H13F5N2O.C19H20F2N2O/c1-11(2)18-14-7-8-15(18)19-12(5-4-6-13(14)19)9-17(26)16-10-25(3)24-20(16)21(22)23;1-26-9-14(18(25-26)19(23)24)17(27)7-11-2-4-12(22)8-13(11)10-3-5-15(20)16(21)6-10;1-25-8-13(17(24-25)19(22)23)14(26)7-9-3-2-4-10-11-5-6-12(15(9)10)16(11)18(20)21;1-26-9-13(18(25-26)19(23)24)16(27)8-10-4-2-3-5-12(10)11-6-14(20)17(22)15(21)7-11;1-23-10-16(18(22-23)19(20)21)17(24)8-12-4-2-3-5-13(12)15-9-14(15)11-6-7-11/h4-6,10-11,14-15,18,21H,7-9H2,1-3H3;2-6,8-9,19H,7H2,1H3;2-4,8,11-12,19H,5-7H2,1H3;2-7,9,19H,8H2,1H3;2-5,10-11,14-15,19H,6-9H2,1H3. The van der Waals surface area contributed by atoms with Crippen molar-refractivity contribution < 1.29 is 85.4 Å². The number of ketones is 5. The number of hydrogen-bond acceptors (Lipinski definition) is 10. The van der Waals surface area contributed by atoms with Crippen LogP contribution in [0.5, 0.6) is 0 Å². The maximum absolute atomic E-state index is 13.8. The van der Waals surface area contributed by atoms with Gasteiger partial charge in [-0.05, 0) is 206 Å². The topological polar surface area (TPSA) is 174 Å². The second-order valence-electron chi connectivity index (χ2n) is 33.7. The van der Waals surface area contributed by atoms with Crippen LogP contribution in [0.1, 0.15) is 256 Å². The third-order valence-electron chi connectivity index (χ3n) is 24.9. The van der Waals surface area contributed by atoms with Crippen LogP contribution in [-0.4, -0.2) is 77.8 Å². The average Bonchev–Trinajstić information content (AvgIpc) is 1.57. The Kier molecular flexibility index (Phi) is 29.1. The Morgan fingerprint density at radius 2 is 0.785 bits per heavy atom. The molecule has 0 amide bonds. The number of aryl methyl sites for hydroxylation is 5. The van der Waals surface area contributed by atoms with Gasteiger partial charge in [0.1, 0.15) is 38.8 Å². The van der Waals surface area contributed by atoms with Gasteiger partial charge < -0.3 is 0 Å². The van der Waals surface area contributed by atoms with Gasteiger partial charge in [0, 0.05) is 110 Å². The molecule has 6 aliphatic carbocycles. The first-order valence-electron chi connectivity index (χ1n) is 41.9. The Morgan fingerprint density at radius 1 is 0.385 bits per heavy atom. The van der Waals surface area contributed by atoms with Crippen molar-refractivity contribution in [2.24, 2.45) is 58.9 Å². The monoisotopic (exact) mass is 1880 g/mol. The molecule has 4 fully saturated rings. The Labute approximate surface area is 758 Å². The molecule has 4 bridgehead atoms. The molecule has 130 heavy (non-hydrogen) atoms. The van der Waals surface area contributed by atoms with Crippen molar-refractivity contribution in [3.05, 3.63) is 320 Å². The molecule has 12 aromatic rings. The van der Waals surface area contributed by atoms with E-state index >= 15 is 0 Å². The van der Waals surface area contributed by atoms with E-state index in [1.54, 1.807) is 44.4 Å². The number of hydrogen-bond donors (Lipinski definition) is 0. The Balaban J connectivity index is 0.000000131. The smallest absolute Gasteiger partial charge is 0.282 e. The third-order valence-corrected chi connectivity index (χ3v) is 26.0. The van der Waals surface area contributed by atoms with Crippen LogP contribution in [0, 0.1) is 46.9 Å². The van der Waals surface area contributed by atoms with E-state index in [9.17, 15) is 85.4 Å². The summed E-state index contributed by atoms with van der Waals surface area (Å²) >= 11 is 24.1. The Morgan fingerprint density at radius 3 is 1.24 bits per heavy atom. The molecule has 33 heteroatoms. The normalized spacial score (nSPS) is 17.8. The molecule has 7 atom stereocenters. The Bertz CT molecular complexity index is 6320. The highest BCUT2D eigenvalue weighted by molar-refractivity contribution is 6.56. The predicted octanol–water partition coefficient (Wildman–Crippen LogP) is 25.5. The van der Waals surface area contributed by atoms with Crippen LogP contribution < -0.4 is 0 Å². The maximum Gasteiger partial charge on any atom is 0.282 e. The number of halogens is 18. The van der Waals surface area contributed by atoms with E-state index in [-0.39, 0.29) is 99.7 Å². The molecule has 18 rings (SSSR count). The zero-order valence-corrected chi connectivity index (χ0v) is 74.0. The van der Waals surface area contributed by atoms with E-state index < -0.39 is 95.4 Å². The number of rotatable bonds is 25. The van der Waals surface area contributed by atoms with E-state index in [4.69, 9.17) is 46.4 Å². The quantitative estimate of drug-likeness (QED) is 0.0304. The third kappa shape index (κ3) is 20.6. The lowest BCUT2D eigenvalue weighted by molar-refractivity contribution is 0.0971. The summed E-state index contributed by atoms with van der Waals surface area (Å²) in [6, 6.07) is 36.5. The van der Waals surface area contributed by atoms with Crippen molar-refractivity contribution in [1.82, 2.24) is 48.9 Å². The molecule has 4 saturated carbocycles. The molecule has 5 heterocycles. The van der Waals surface area contributed by atoms with Crippen LogP contribution in [0.3, 0.4) is 0 Å². The summed E-state index contributed by atoms with van der Waals surface area (Å²) in [7, 11) is 7.53. The first-order chi connectivity index (χ1) is 61.8. The summed E-state index contributed by atoms with van der Waals surface area (Å²) in [5.74, 6) is -2.07. The fraction of sp³-hybridized carbons (Fsp3) is 0.340. The van der Waals surface area contributed by atoms with Crippen molar-refractivity contribution in [3.63, 3.8) is 0 Å². The second kappa shape index (κ2) is 39.9. The van der Waals surface area contributed by atoms with Gasteiger partial charge in [-0.15, -0.1) is 0 Å². The maximum atomic E-state index is 13.8. The molecule has 7 aromatic carbocycles. The van der Waals surface area contributed by atoms with Gasteiger partial charge in [0.25, 0.3) is 32.1 Å². The number of carbonyl (C=O) groups excluding carboxylic acids is 5. The zero-order valence-electron chi connectivity index (χ0n) is 71.0. The van der Waals surface area contributed by atoms with Crippen molar-refractivity contribution in [1.29, 1.82) is 0 Å². The van der Waals surface area contributed by atoms with Gasteiger partial charge in [0.2, 0.25) is 0 Å². The molecule has 0 saturated heterocycles. The SMILES string of the molecule is CC(C)C1C2CCC1c1c(CC(=O)c3cn(C)nc3C(F)F)cccc12.Cn1cc(C(=O)Cc2ccc(F)cc2-c2ccc(Cl)c(Cl)c2)c(C(F)F)n1.Cn1cc(C(=O)Cc2cccc3c2C2CCC3C2=C(Cl)Cl)c(C(F)F)n1.Cn1cc(C(=O)Cc2ccccc2-c2cc(F)c(F)c(F)c2)c(C(F)F)n1.Cn1cc(C(=O)Cc2ccccc2C2CC2C2CC2)c(C(F)F)n1. The number of nitrogens with zero attached hydrogens (tertiary/aromatic N) is 10. The second-order valence-corrected chi connectivity index (χ2v) is 35.5. The van der Waals surface area contributed by atoms with Gasteiger partial charge in [-0.2, -0.15) is 25.5 Å². The minimum atomic E-state index is -2.92. The van der Waals surface area contributed by atoms with Crippen LogP contribution in [-0.2, 0) is 67.3 Å². The number of carbonyl (C=O) groups is 5. The van der Waals surface area contributed by atoms with Crippen molar-refractivity contribution in [2.75, 3.05) is 0 Å². The van der Waals surface area contributed by atoms with Gasteiger partial charge in [-0.25, -0.2) is 61.5 Å². The number of benzene rings is 7. The van der Waals surface area contributed by atoms with E-state index in [1.165, 1.54) is 150 Å². The van der Waals surface area contributed by atoms with E-state index in [2.05, 4.69) is 51.5 Å². The lowest BCUT2D eigenvalue weighted by Crippen LogP contribution is -2.12. The van der Waals surface area contributed by atoms with Crippen molar-refractivity contribution in [3.8, 4) is 22.3 Å². The molecule has 0 spiro atoms. The summed E-state index contributed by atoms with van der Waals surface area (Å²) in [6.45, 7) is 4.55. The van der Waals surface area contributed by atoms with E-state index in [1.807, 2.05) is 48.5 Å². The van der Waals surface area contributed by atoms with E-state index in [0.29, 0.717) is 66.9 Å². The van der Waals surface area contributed by atoms with Crippen molar-refractivity contribution >= 4 is 75.3 Å². The molecule has 5 aromatic heterocycles. The number of aromatic nitrogens is 10. The molecule has 0 aliphatic heterocycles. The fourth-order valence-corrected chi connectivity index (χ4v) is 20.1. The van der Waals surface area contributed by atoms with Crippen LogP contribution in [0.2, 0.25) is 10.0 Å². The minimum Gasteiger partial charge on any atom is -0.294 e. The minimum absolute atomic E-state index is 0.0191.